The first-order chi connectivity index (χ1) is 8.47. The van der Waals surface area contributed by atoms with Crippen LogP contribution in [0.3, 0.4) is 0 Å². The molecular weight excluding hydrogens is 295 g/mol. The van der Waals surface area contributed by atoms with Crippen molar-refractivity contribution >= 4 is 21.7 Å². The largest absolute Gasteiger partial charge is 0.289 e. The Morgan fingerprint density at radius 1 is 1.11 bits per heavy atom. The van der Waals surface area contributed by atoms with Crippen molar-refractivity contribution in [2.45, 2.75) is 13.8 Å². The highest BCUT2D eigenvalue weighted by molar-refractivity contribution is 9.10. The van der Waals surface area contributed by atoms with Crippen molar-refractivity contribution < 1.29 is 9.18 Å². The minimum absolute atomic E-state index is 0.156. The van der Waals surface area contributed by atoms with Crippen molar-refractivity contribution in [2.24, 2.45) is 0 Å². The molecule has 0 aliphatic rings. The Hall–Kier alpha value is -1.48. The molecule has 0 heterocycles. The van der Waals surface area contributed by atoms with Crippen molar-refractivity contribution in [3.8, 4) is 0 Å². The van der Waals surface area contributed by atoms with Gasteiger partial charge in [0.15, 0.2) is 5.78 Å². The van der Waals surface area contributed by atoms with E-state index in [0.717, 1.165) is 15.6 Å². The zero-order valence-electron chi connectivity index (χ0n) is 10.1. The first-order valence-corrected chi connectivity index (χ1v) is 6.35. The van der Waals surface area contributed by atoms with Crippen LogP contribution < -0.4 is 0 Å². The minimum atomic E-state index is -0.383. The van der Waals surface area contributed by atoms with E-state index in [1.165, 1.54) is 12.1 Å². The molecule has 0 amide bonds. The molecule has 0 N–H and O–H groups in total. The summed E-state index contributed by atoms with van der Waals surface area (Å²) < 4.78 is 14.2. The topological polar surface area (TPSA) is 17.1 Å². The fourth-order valence-electron chi connectivity index (χ4n) is 1.86. The lowest BCUT2D eigenvalue weighted by molar-refractivity contribution is 0.103. The van der Waals surface area contributed by atoms with Gasteiger partial charge in [0, 0.05) is 15.6 Å². The van der Waals surface area contributed by atoms with Crippen LogP contribution in [0.1, 0.15) is 27.0 Å². The molecule has 2 aromatic rings. The predicted octanol–water partition coefficient (Wildman–Crippen LogP) is 4.44. The molecule has 0 aliphatic heterocycles. The average Bonchev–Trinajstić information content (AvgIpc) is 2.30. The maximum absolute atomic E-state index is 13.3. The van der Waals surface area contributed by atoms with E-state index >= 15 is 0 Å². The van der Waals surface area contributed by atoms with Crippen molar-refractivity contribution in [2.75, 3.05) is 0 Å². The summed E-state index contributed by atoms with van der Waals surface area (Å²) in [4.78, 5) is 12.3. The molecule has 1 nitrogen and oxygen atoms in total. The molecule has 0 unspecified atom stereocenters. The van der Waals surface area contributed by atoms with Crippen LogP contribution in [0.5, 0.6) is 0 Å². The Balaban J connectivity index is 2.51. The Morgan fingerprint density at radius 3 is 2.50 bits per heavy atom. The third kappa shape index (κ3) is 2.67. The molecule has 92 valence electrons. The molecule has 0 saturated heterocycles. The van der Waals surface area contributed by atoms with Crippen LogP contribution in [-0.2, 0) is 0 Å². The van der Waals surface area contributed by atoms with Crippen LogP contribution in [0.2, 0.25) is 0 Å². The monoisotopic (exact) mass is 306 g/mol. The number of rotatable bonds is 2. The smallest absolute Gasteiger partial charge is 0.193 e. The third-order valence-corrected chi connectivity index (χ3v) is 3.24. The zero-order valence-corrected chi connectivity index (χ0v) is 11.7. The number of halogens is 2. The fourth-order valence-corrected chi connectivity index (χ4v) is 2.22. The van der Waals surface area contributed by atoms with E-state index in [0.29, 0.717) is 11.1 Å². The molecule has 0 aromatic heterocycles. The number of hydrogen-bond donors (Lipinski definition) is 0. The second-order valence-electron chi connectivity index (χ2n) is 4.31. The van der Waals surface area contributed by atoms with Crippen LogP contribution in [0.25, 0.3) is 0 Å². The van der Waals surface area contributed by atoms with E-state index in [1.54, 1.807) is 19.1 Å². The molecule has 0 radical (unpaired) electrons. The summed E-state index contributed by atoms with van der Waals surface area (Å²) in [6, 6.07) is 9.89. The number of carbonyl (C=O) groups is 1. The van der Waals surface area contributed by atoms with Crippen LogP contribution in [0, 0.1) is 19.7 Å². The predicted molar refractivity (Wildman–Crippen MR) is 73.4 cm³/mol. The summed E-state index contributed by atoms with van der Waals surface area (Å²) in [5.74, 6) is -0.539. The van der Waals surface area contributed by atoms with Gasteiger partial charge >= 0.3 is 0 Å². The van der Waals surface area contributed by atoms with Gasteiger partial charge in [0.25, 0.3) is 0 Å². The maximum atomic E-state index is 13.3. The van der Waals surface area contributed by atoms with Gasteiger partial charge in [0.1, 0.15) is 5.82 Å². The van der Waals surface area contributed by atoms with Gasteiger partial charge < -0.3 is 0 Å². The average molecular weight is 307 g/mol. The normalized spacial score (nSPS) is 10.4. The highest BCUT2D eigenvalue weighted by atomic mass is 79.9. The molecule has 3 heteroatoms. The van der Waals surface area contributed by atoms with Gasteiger partial charge in [0.05, 0.1) is 0 Å². The lowest BCUT2D eigenvalue weighted by Crippen LogP contribution is -2.04. The molecule has 18 heavy (non-hydrogen) atoms. The number of aryl methyl sites for hydroxylation is 2. The standard InChI is InChI=1S/C15H12BrFO/c1-9-5-11(7-13(17)6-9)15(18)14-8-12(16)4-3-10(14)2/h3-8H,1-2H3. The summed E-state index contributed by atoms with van der Waals surface area (Å²) in [6.45, 7) is 3.64. The third-order valence-electron chi connectivity index (χ3n) is 2.75. The second kappa shape index (κ2) is 5.02. The van der Waals surface area contributed by atoms with E-state index < -0.39 is 0 Å². The van der Waals surface area contributed by atoms with Gasteiger partial charge in [-0.2, -0.15) is 0 Å². The Morgan fingerprint density at radius 2 is 1.83 bits per heavy atom. The number of hydrogen-bond acceptors (Lipinski definition) is 1. The van der Waals surface area contributed by atoms with Gasteiger partial charge in [-0.3, -0.25) is 4.79 Å². The Bertz CT molecular complexity index is 600. The summed E-state index contributed by atoms with van der Waals surface area (Å²) in [5.41, 5.74) is 2.60. The number of benzene rings is 2. The number of ketones is 1. The van der Waals surface area contributed by atoms with Crippen molar-refractivity contribution in [3.63, 3.8) is 0 Å². The highest BCUT2D eigenvalue weighted by Crippen LogP contribution is 2.20. The zero-order chi connectivity index (χ0) is 13.3. The van der Waals surface area contributed by atoms with E-state index in [1.807, 2.05) is 19.1 Å². The first kappa shape index (κ1) is 13.0. The molecule has 0 spiro atoms. The molecule has 0 fully saturated rings. The van der Waals surface area contributed by atoms with Crippen molar-refractivity contribution in [3.05, 3.63) is 68.9 Å². The van der Waals surface area contributed by atoms with Crippen molar-refractivity contribution in [1.82, 2.24) is 0 Å². The van der Waals surface area contributed by atoms with Crippen molar-refractivity contribution in [1.29, 1.82) is 0 Å². The molecular formula is C15H12BrFO. The van der Waals surface area contributed by atoms with Gasteiger partial charge in [-0.25, -0.2) is 4.39 Å². The molecule has 2 aromatic carbocycles. The lowest BCUT2D eigenvalue weighted by atomic mass is 9.98. The van der Waals surface area contributed by atoms with E-state index in [9.17, 15) is 9.18 Å². The minimum Gasteiger partial charge on any atom is -0.289 e. The second-order valence-corrected chi connectivity index (χ2v) is 5.22. The molecule has 0 aliphatic carbocycles. The molecule has 0 bridgehead atoms. The fraction of sp³-hybridized carbons (Fsp3) is 0.133. The Labute approximate surface area is 114 Å². The quantitative estimate of drug-likeness (QED) is 0.750. The Kier molecular flexibility index (Phi) is 3.62. The lowest BCUT2D eigenvalue weighted by Gasteiger charge is -2.07. The summed E-state index contributed by atoms with van der Waals surface area (Å²) in [5, 5.41) is 0. The molecule has 0 atom stereocenters. The SMILES string of the molecule is Cc1cc(F)cc(C(=O)c2cc(Br)ccc2C)c1. The van der Waals surface area contributed by atoms with Crippen LogP contribution in [-0.4, -0.2) is 5.78 Å². The molecule has 0 saturated carbocycles. The van der Waals surface area contributed by atoms with Crippen LogP contribution >= 0.6 is 15.9 Å². The van der Waals surface area contributed by atoms with E-state index in [4.69, 9.17) is 0 Å². The summed E-state index contributed by atoms with van der Waals surface area (Å²) in [7, 11) is 0. The van der Waals surface area contributed by atoms with Gasteiger partial charge in [0.2, 0.25) is 0 Å². The first-order valence-electron chi connectivity index (χ1n) is 5.55. The van der Waals surface area contributed by atoms with Crippen LogP contribution in [0.4, 0.5) is 4.39 Å². The maximum Gasteiger partial charge on any atom is 0.193 e. The molecule has 2 rings (SSSR count). The van der Waals surface area contributed by atoms with Gasteiger partial charge in [-0.05, 0) is 55.3 Å². The van der Waals surface area contributed by atoms with Crippen LogP contribution in [0.15, 0.2) is 40.9 Å². The van der Waals surface area contributed by atoms with E-state index in [-0.39, 0.29) is 11.6 Å². The highest BCUT2D eigenvalue weighted by Gasteiger charge is 2.13. The van der Waals surface area contributed by atoms with Gasteiger partial charge in [-0.1, -0.05) is 22.0 Å². The van der Waals surface area contributed by atoms with E-state index in [2.05, 4.69) is 15.9 Å². The summed E-state index contributed by atoms with van der Waals surface area (Å²) >= 11 is 3.34. The number of carbonyl (C=O) groups excluding carboxylic acids is 1. The summed E-state index contributed by atoms with van der Waals surface area (Å²) in [6.07, 6.45) is 0. The van der Waals surface area contributed by atoms with Gasteiger partial charge in [-0.15, -0.1) is 0 Å².